The number of ether oxygens (including phenoxy) is 4. The molecule has 4 rings (SSSR count). The summed E-state index contributed by atoms with van der Waals surface area (Å²) in [4.78, 5) is 41.6. The van der Waals surface area contributed by atoms with Crippen LogP contribution in [0.2, 0.25) is 5.02 Å². The summed E-state index contributed by atoms with van der Waals surface area (Å²) in [7, 11) is 1.15. The molecule has 0 saturated carbocycles. The van der Waals surface area contributed by atoms with Crippen molar-refractivity contribution in [2.75, 3.05) is 18.8 Å². The molecule has 2 aliphatic rings. The molecule has 1 aromatic heterocycles. The highest BCUT2D eigenvalue weighted by Crippen LogP contribution is 2.41. The standard InChI is InChI=1S/C22H18ClFN2O7/c1-30-22(29)32-11-31-19-17(7-4-8-25-19)33-18-10-16(15(24)9-14(18)23)26-20(27)12-5-2-3-6-13(12)21(26)28/h4,7-10H,2-3,5-6,11H2,1H3. The first-order chi connectivity index (χ1) is 15.9. The molecule has 0 bridgehead atoms. The Bertz CT molecular complexity index is 1140. The number of halogens is 2. The number of anilines is 1. The third kappa shape index (κ3) is 4.47. The van der Waals surface area contributed by atoms with Crippen molar-refractivity contribution in [3.63, 3.8) is 0 Å². The monoisotopic (exact) mass is 476 g/mol. The molecule has 0 radical (unpaired) electrons. The number of benzene rings is 1. The Hall–Kier alpha value is -3.66. The van der Waals surface area contributed by atoms with E-state index in [1.54, 1.807) is 6.07 Å². The molecule has 0 spiro atoms. The fourth-order valence-electron chi connectivity index (χ4n) is 3.60. The van der Waals surface area contributed by atoms with Gasteiger partial charge in [-0.1, -0.05) is 11.6 Å². The maximum atomic E-state index is 14.8. The van der Waals surface area contributed by atoms with Crippen LogP contribution >= 0.6 is 11.6 Å². The summed E-state index contributed by atoms with van der Waals surface area (Å²) in [6.45, 7) is -0.504. The zero-order valence-corrected chi connectivity index (χ0v) is 18.2. The molecule has 0 unspecified atom stereocenters. The maximum absolute atomic E-state index is 14.8. The number of carbonyl (C=O) groups excluding carboxylic acids is 3. The second kappa shape index (κ2) is 9.45. The number of amides is 2. The van der Waals surface area contributed by atoms with Crippen molar-refractivity contribution in [1.82, 2.24) is 4.98 Å². The highest BCUT2D eigenvalue weighted by Gasteiger charge is 2.41. The summed E-state index contributed by atoms with van der Waals surface area (Å²) in [5.74, 6) is -1.93. The predicted octanol–water partition coefficient (Wildman–Crippen LogP) is 4.53. The van der Waals surface area contributed by atoms with Gasteiger partial charge in [0.15, 0.2) is 5.75 Å². The van der Waals surface area contributed by atoms with Gasteiger partial charge in [-0.25, -0.2) is 19.1 Å². The van der Waals surface area contributed by atoms with E-state index >= 15 is 0 Å². The van der Waals surface area contributed by atoms with Gasteiger partial charge in [-0.05, 0) is 43.9 Å². The normalized spacial score (nSPS) is 15.4. The molecule has 1 aliphatic carbocycles. The number of aromatic nitrogens is 1. The van der Waals surface area contributed by atoms with E-state index in [1.165, 1.54) is 18.3 Å². The smallest absolute Gasteiger partial charge is 0.450 e. The van der Waals surface area contributed by atoms with Crippen molar-refractivity contribution in [3.8, 4) is 17.4 Å². The summed E-state index contributed by atoms with van der Waals surface area (Å²) < 4.78 is 34.8. The predicted molar refractivity (Wildman–Crippen MR) is 113 cm³/mol. The molecule has 0 fully saturated rings. The highest BCUT2D eigenvalue weighted by atomic mass is 35.5. The van der Waals surface area contributed by atoms with Gasteiger partial charge in [0.05, 0.1) is 17.8 Å². The van der Waals surface area contributed by atoms with Crippen molar-refractivity contribution < 1.29 is 37.7 Å². The van der Waals surface area contributed by atoms with Crippen LogP contribution in [0.5, 0.6) is 17.4 Å². The van der Waals surface area contributed by atoms with Crippen molar-refractivity contribution in [2.24, 2.45) is 0 Å². The van der Waals surface area contributed by atoms with Crippen LogP contribution in [0.4, 0.5) is 14.9 Å². The third-order valence-corrected chi connectivity index (χ3v) is 5.42. The van der Waals surface area contributed by atoms with Crippen molar-refractivity contribution >= 4 is 35.3 Å². The Balaban J connectivity index is 1.60. The Labute approximate surface area is 192 Å². The molecule has 0 atom stereocenters. The summed E-state index contributed by atoms with van der Waals surface area (Å²) in [5, 5.41) is -0.103. The molecule has 2 heterocycles. The van der Waals surface area contributed by atoms with E-state index in [4.69, 9.17) is 21.1 Å². The lowest BCUT2D eigenvalue weighted by molar-refractivity contribution is -0.120. The van der Waals surface area contributed by atoms with Crippen LogP contribution in [0.1, 0.15) is 25.7 Å². The molecule has 2 aromatic rings. The van der Waals surface area contributed by atoms with Gasteiger partial charge in [0.2, 0.25) is 6.79 Å². The van der Waals surface area contributed by atoms with Crippen molar-refractivity contribution in [2.45, 2.75) is 25.7 Å². The topological polar surface area (TPSA) is 104 Å². The number of nitrogens with zero attached hydrogens (tertiary/aromatic N) is 2. The molecule has 172 valence electrons. The van der Waals surface area contributed by atoms with Gasteiger partial charge in [0, 0.05) is 23.4 Å². The lowest BCUT2D eigenvalue weighted by atomic mass is 9.93. The Morgan fingerprint density at radius 3 is 2.52 bits per heavy atom. The van der Waals surface area contributed by atoms with Crippen LogP contribution in [0.3, 0.4) is 0 Å². The highest BCUT2D eigenvalue weighted by molar-refractivity contribution is 6.34. The van der Waals surface area contributed by atoms with Crippen LogP contribution < -0.4 is 14.4 Å². The van der Waals surface area contributed by atoms with Gasteiger partial charge in [-0.15, -0.1) is 0 Å². The minimum atomic E-state index is -0.948. The molecule has 1 aliphatic heterocycles. The number of hydrogen-bond donors (Lipinski definition) is 0. The van der Waals surface area contributed by atoms with E-state index in [9.17, 15) is 18.8 Å². The first kappa shape index (κ1) is 22.5. The molecule has 2 amide bonds. The fourth-order valence-corrected chi connectivity index (χ4v) is 3.79. The fraction of sp³-hybridized carbons (Fsp3) is 0.273. The Morgan fingerprint density at radius 2 is 1.85 bits per heavy atom. The number of rotatable bonds is 6. The minimum absolute atomic E-state index is 0.0368. The van der Waals surface area contributed by atoms with Gasteiger partial charge in [0.25, 0.3) is 17.7 Å². The molecule has 1 aromatic carbocycles. The second-order valence-corrected chi connectivity index (χ2v) is 7.52. The van der Waals surface area contributed by atoms with Crippen molar-refractivity contribution in [1.29, 1.82) is 0 Å². The molecular weight excluding hydrogens is 459 g/mol. The number of pyridine rings is 1. The van der Waals surface area contributed by atoms with Gasteiger partial charge in [-0.2, -0.15) is 0 Å². The molecule has 33 heavy (non-hydrogen) atoms. The van der Waals surface area contributed by atoms with E-state index < -0.39 is 30.6 Å². The van der Waals surface area contributed by atoms with E-state index in [0.29, 0.717) is 24.0 Å². The number of methoxy groups -OCH3 is 1. The quantitative estimate of drug-likeness (QED) is 0.340. The van der Waals surface area contributed by atoms with Gasteiger partial charge >= 0.3 is 6.16 Å². The Kier molecular flexibility index (Phi) is 6.45. The summed E-state index contributed by atoms with van der Waals surface area (Å²) in [6.07, 6.45) is 3.03. The van der Waals surface area contributed by atoms with E-state index in [1.807, 2.05) is 0 Å². The molecule has 0 N–H and O–H groups in total. The zero-order valence-electron chi connectivity index (χ0n) is 17.4. The number of carbonyl (C=O) groups is 3. The summed E-state index contributed by atoms with van der Waals surface area (Å²) >= 11 is 6.16. The zero-order chi connectivity index (χ0) is 23.5. The van der Waals surface area contributed by atoms with Crippen LogP contribution in [0, 0.1) is 5.82 Å². The van der Waals surface area contributed by atoms with Gasteiger partial charge in [0.1, 0.15) is 11.6 Å². The molecule has 9 nitrogen and oxygen atoms in total. The van der Waals surface area contributed by atoms with E-state index in [0.717, 1.165) is 30.9 Å². The molecule has 11 heteroatoms. The van der Waals surface area contributed by atoms with Crippen LogP contribution in [-0.4, -0.2) is 36.9 Å². The first-order valence-corrected chi connectivity index (χ1v) is 10.3. The van der Waals surface area contributed by atoms with Crippen molar-refractivity contribution in [3.05, 3.63) is 52.4 Å². The Morgan fingerprint density at radius 1 is 1.15 bits per heavy atom. The minimum Gasteiger partial charge on any atom is -0.450 e. The lowest BCUT2D eigenvalue weighted by Gasteiger charge is -2.18. The SMILES string of the molecule is COC(=O)OCOc1ncccc1Oc1cc(N2C(=O)C3=C(CCCC3)C2=O)c(F)cc1Cl. The van der Waals surface area contributed by atoms with Gasteiger partial charge in [-0.3, -0.25) is 9.59 Å². The average Bonchev–Trinajstić information content (AvgIpc) is 3.07. The number of imide groups is 1. The third-order valence-electron chi connectivity index (χ3n) is 5.13. The van der Waals surface area contributed by atoms with Crippen LogP contribution in [0.25, 0.3) is 0 Å². The van der Waals surface area contributed by atoms with Crippen LogP contribution in [0.15, 0.2) is 41.6 Å². The van der Waals surface area contributed by atoms with Gasteiger partial charge < -0.3 is 18.9 Å². The van der Waals surface area contributed by atoms with E-state index in [2.05, 4.69) is 14.5 Å². The molecular formula is C22H18ClFN2O7. The molecule has 0 saturated heterocycles. The van der Waals surface area contributed by atoms with Crippen LogP contribution in [-0.2, 0) is 19.1 Å². The second-order valence-electron chi connectivity index (χ2n) is 7.11. The lowest BCUT2D eigenvalue weighted by Crippen LogP contribution is -2.32. The first-order valence-electron chi connectivity index (χ1n) is 9.97. The summed E-state index contributed by atoms with van der Waals surface area (Å²) in [5.41, 5.74) is 0.590. The maximum Gasteiger partial charge on any atom is 0.510 e. The van der Waals surface area contributed by atoms with E-state index in [-0.39, 0.29) is 28.1 Å². The largest absolute Gasteiger partial charge is 0.510 e. The number of hydrogen-bond acceptors (Lipinski definition) is 8. The summed E-state index contributed by atoms with van der Waals surface area (Å²) in [6, 6.07) is 5.18. The average molecular weight is 477 g/mol.